The number of esters is 2. The van der Waals surface area contributed by atoms with Crippen LogP contribution < -0.4 is 0 Å². The van der Waals surface area contributed by atoms with Crippen LogP contribution in [0.5, 0.6) is 0 Å². The first-order valence-corrected chi connectivity index (χ1v) is 28.5. The summed E-state index contributed by atoms with van der Waals surface area (Å²) >= 11 is 0. The Balaban J connectivity index is 1.13. The first-order chi connectivity index (χ1) is 37.3. The van der Waals surface area contributed by atoms with Crippen molar-refractivity contribution >= 4 is 17.9 Å². The van der Waals surface area contributed by atoms with Crippen molar-refractivity contribution in [3.05, 3.63) is 23.3 Å². The normalized spacial score (nSPS) is 49.2. The fourth-order valence-electron chi connectivity index (χ4n) is 16.3. The highest BCUT2D eigenvalue weighted by atomic mass is 16.8. The van der Waals surface area contributed by atoms with Crippen LogP contribution in [0.4, 0.5) is 0 Å². The monoisotopic (exact) mass is 1140 g/mol. The summed E-state index contributed by atoms with van der Waals surface area (Å²) < 4.78 is 48.6. The Morgan fingerprint density at radius 1 is 0.725 bits per heavy atom. The SMILES string of the molecule is CC=C(C)C(=O)OC1C(O)C2(COC(=O)C(C)CC)C(CC1(C)C)C1=CCC3C4(C)CCC(OC5OC(C(=O)O)C(O)C(OC6OC(CO)C(O)C6O)C5OC5OC(CO)C(O)C(O)C5O)C(C)(C)C4CCC3(C)C1(C)C(O)C2O. The number of aliphatic hydroxyl groups excluding tert-OH is 11. The van der Waals surface area contributed by atoms with E-state index in [4.69, 9.17) is 37.9 Å². The molecule has 3 aliphatic heterocycles. The van der Waals surface area contributed by atoms with Gasteiger partial charge < -0.3 is 99.2 Å². The molecule has 12 N–H and O–H groups in total. The Kier molecular flexibility index (Phi) is 18.1. The molecule has 8 rings (SSSR count). The van der Waals surface area contributed by atoms with Gasteiger partial charge in [0, 0.05) is 16.4 Å². The highest BCUT2D eigenvalue weighted by molar-refractivity contribution is 5.87. The van der Waals surface area contributed by atoms with E-state index in [-0.39, 0.29) is 11.8 Å². The van der Waals surface area contributed by atoms with Crippen molar-refractivity contribution in [3.63, 3.8) is 0 Å². The molecule has 4 saturated carbocycles. The molecule has 0 radical (unpaired) electrons. The number of ether oxygens (including phenoxy) is 8. The van der Waals surface area contributed by atoms with Crippen molar-refractivity contribution in [2.24, 2.45) is 56.2 Å². The summed E-state index contributed by atoms with van der Waals surface area (Å²) in [6, 6.07) is 0. The van der Waals surface area contributed by atoms with Gasteiger partial charge >= 0.3 is 17.9 Å². The van der Waals surface area contributed by atoms with Gasteiger partial charge in [0.05, 0.1) is 42.9 Å². The number of carboxylic acids is 1. The zero-order valence-corrected chi connectivity index (χ0v) is 47.9. The van der Waals surface area contributed by atoms with E-state index in [2.05, 4.69) is 19.9 Å². The van der Waals surface area contributed by atoms with E-state index in [1.807, 2.05) is 41.5 Å². The largest absolute Gasteiger partial charge is 0.479 e. The number of fused-ring (bicyclic) bond motifs is 7. The molecule has 27 unspecified atom stereocenters. The lowest BCUT2D eigenvalue weighted by atomic mass is 9.32. The van der Waals surface area contributed by atoms with Crippen molar-refractivity contribution in [1.82, 2.24) is 0 Å². The molecule has 3 heterocycles. The molecule has 0 spiro atoms. The van der Waals surface area contributed by atoms with Crippen molar-refractivity contribution in [2.75, 3.05) is 19.8 Å². The predicted molar refractivity (Wildman–Crippen MR) is 277 cm³/mol. The second-order valence-electron chi connectivity index (χ2n) is 26.4. The molecular weight excluding hydrogens is 1050 g/mol. The van der Waals surface area contributed by atoms with Crippen molar-refractivity contribution in [2.45, 2.75) is 238 Å². The summed E-state index contributed by atoms with van der Waals surface area (Å²) in [4.78, 5) is 39.8. The summed E-state index contributed by atoms with van der Waals surface area (Å²) in [6.07, 6.45) is -25.1. The first kappa shape index (κ1) is 63.2. The maximum absolute atomic E-state index is 13.5. The van der Waals surface area contributed by atoms with E-state index in [1.54, 1.807) is 26.8 Å². The average molecular weight is 1140 g/mol. The number of hydrogen-bond donors (Lipinski definition) is 12. The van der Waals surface area contributed by atoms with Crippen LogP contribution in [-0.4, -0.2) is 216 Å². The third-order valence-electron chi connectivity index (χ3n) is 21.6. The van der Waals surface area contributed by atoms with Crippen molar-refractivity contribution in [1.29, 1.82) is 0 Å². The minimum Gasteiger partial charge on any atom is -0.479 e. The number of carbonyl (C=O) groups is 3. The van der Waals surface area contributed by atoms with Crippen LogP contribution in [0.3, 0.4) is 0 Å². The van der Waals surface area contributed by atoms with E-state index in [9.17, 15) is 75.7 Å². The number of aliphatic carboxylic acids is 1. The lowest BCUT2D eigenvalue weighted by molar-refractivity contribution is -0.386. The molecule has 23 heteroatoms. The minimum atomic E-state index is -2.12. The molecule has 0 aromatic heterocycles. The van der Waals surface area contributed by atoms with Gasteiger partial charge in [0.25, 0.3) is 0 Å². The standard InChI is InChI=1S/C57H90O23/c1-12-24(3)47(71)73-23-57-27(20-52(5,6)45(44(57)68)80-48(72)25(4)13-2)26-14-15-31-54(9)18-17-32(53(7,8)30(54)16-19-55(31,10)56(26,11)42(66)43(57)67)76-51-41(79-50-37(64)35(62)33(60)28(21-58)74-50)39(38(65)40(78-51)46(69)70)77-49-36(63)34(61)29(22-59)75-49/h13-14,24,27-45,49-51,58-68H,12,15-23H2,1-11H3,(H,69,70). The van der Waals surface area contributed by atoms with Gasteiger partial charge in [-0.3, -0.25) is 4.79 Å². The zero-order chi connectivity index (χ0) is 59.3. The fourth-order valence-corrected chi connectivity index (χ4v) is 16.3. The molecule has 456 valence electrons. The van der Waals surface area contributed by atoms with Crippen LogP contribution in [0.2, 0.25) is 0 Å². The van der Waals surface area contributed by atoms with Gasteiger partial charge in [0.1, 0.15) is 79.9 Å². The van der Waals surface area contributed by atoms with Gasteiger partial charge in [0.15, 0.2) is 25.0 Å². The number of carbonyl (C=O) groups excluding carboxylic acids is 2. The number of hydrogen-bond acceptors (Lipinski definition) is 22. The predicted octanol–water partition coefficient (Wildman–Crippen LogP) is 0.343. The molecule has 7 fully saturated rings. The van der Waals surface area contributed by atoms with Crippen LogP contribution in [-0.2, 0) is 52.3 Å². The van der Waals surface area contributed by atoms with E-state index >= 15 is 0 Å². The molecule has 0 aromatic rings. The molecule has 8 aliphatic rings. The van der Waals surface area contributed by atoms with E-state index in [0.717, 1.165) is 5.57 Å². The highest BCUT2D eigenvalue weighted by Crippen LogP contribution is 2.76. The smallest absolute Gasteiger partial charge is 0.335 e. The minimum absolute atomic E-state index is 0.146. The second-order valence-corrected chi connectivity index (χ2v) is 26.4. The maximum atomic E-state index is 13.5. The van der Waals surface area contributed by atoms with Gasteiger partial charge in [-0.15, -0.1) is 0 Å². The average Bonchev–Trinajstić information content (AvgIpc) is 1.93. The van der Waals surface area contributed by atoms with E-state index < -0.39 is 199 Å². The van der Waals surface area contributed by atoms with Gasteiger partial charge in [-0.2, -0.15) is 0 Å². The molecule has 80 heavy (non-hydrogen) atoms. The van der Waals surface area contributed by atoms with E-state index in [1.165, 1.54) is 0 Å². The second kappa shape index (κ2) is 22.9. The van der Waals surface area contributed by atoms with Crippen LogP contribution in [0.25, 0.3) is 0 Å². The van der Waals surface area contributed by atoms with Gasteiger partial charge in [-0.1, -0.05) is 80.0 Å². The molecule has 23 nitrogen and oxygen atoms in total. The summed E-state index contributed by atoms with van der Waals surface area (Å²) in [5.41, 5.74) is -4.55. The topological polar surface area (TPSA) is 368 Å². The molecule has 3 saturated heterocycles. The highest BCUT2D eigenvalue weighted by Gasteiger charge is 2.76. The fraction of sp³-hybridized carbons (Fsp3) is 0.877. The van der Waals surface area contributed by atoms with Crippen LogP contribution in [0.15, 0.2) is 23.3 Å². The summed E-state index contributed by atoms with van der Waals surface area (Å²) in [6.45, 7) is 19.0. The molecule has 0 bridgehead atoms. The van der Waals surface area contributed by atoms with Crippen molar-refractivity contribution in [3.8, 4) is 0 Å². The third-order valence-corrected chi connectivity index (χ3v) is 21.6. The Labute approximate surface area is 467 Å². The zero-order valence-electron chi connectivity index (χ0n) is 47.9. The van der Waals surface area contributed by atoms with Gasteiger partial charge in [-0.25, -0.2) is 9.59 Å². The third kappa shape index (κ3) is 9.93. The Bertz CT molecular complexity index is 2330. The van der Waals surface area contributed by atoms with Gasteiger partial charge in [0.2, 0.25) is 0 Å². The Morgan fingerprint density at radius 2 is 1.31 bits per heavy atom. The number of carboxylic acid groups (broad SMARTS) is 1. The van der Waals surface area contributed by atoms with Crippen LogP contribution in [0, 0.1) is 56.2 Å². The Morgan fingerprint density at radius 3 is 1.89 bits per heavy atom. The lowest BCUT2D eigenvalue weighted by Gasteiger charge is -2.73. The maximum Gasteiger partial charge on any atom is 0.335 e. The first-order valence-electron chi connectivity index (χ1n) is 28.5. The Hall–Kier alpha value is -2.79. The molecular formula is C57H90O23. The number of allylic oxidation sites excluding steroid dienone is 2. The molecule has 0 aromatic carbocycles. The number of rotatable bonds is 15. The van der Waals surface area contributed by atoms with Crippen LogP contribution in [0.1, 0.15) is 121 Å². The molecule has 0 amide bonds. The van der Waals surface area contributed by atoms with Crippen LogP contribution >= 0.6 is 0 Å². The lowest BCUT2D eigenvalue weighted by Crippen LogP contribution is -2.76. The quantitative estimate of drug-likeness (QED) is 0.0455. The van der Waals surface area contributed by atoms with Crippen molar-refractivity contribution < 1.29 is 114 Å². The summed E-state index contributed by atoms with van der Waals surface area (Å²) in [7, 11) is 0. The van der Waals surface area contributed by atoms with Gasteiger partial charge in [-0.05, 0) is 92.8 Å². The summed E-state index contributed by atoms with van der Waals surface area (Å²) in [5, 5.41) is 135. The molecule has 27 atom stereocenters. The van der Waals surface area contributed by atoms with E-state index in [0.29, 0.717) is 50.5 Å². The summed E-state index contributed by atoms with van der Waals surface area (Å²) in [5.74, 6) is -4.27. The number of aliphatic hydroxyl groups is 11. The molecule has 5 aliphatic carbocycles.